The van der Waals surface area contributed by atoms with Crippen molar-refractivity contribution in [3.05, 3.63) is 71.3 Å². The van der Waals surface area contributed by atoms with Gasteiger partial charge in [-0.1, -0.05) is 56.3 Å². The average molecular weight is 365 g/mol. The van der Waals surface area contributed by atoms with Crippen molar-refractivity contribution in [3.63, 3.8) is 0 Å². The molecule has 5 nitrogen and oxygen atoms in total. The van der Waals surface area contributed by atoms with Crippen LogP contribution in [0.25, 0.3) is 5.76 Å². The smallest absolute Gasteiger partial charge is 0.295 e. The molecule has 0 unspecified atom stereocenters. The maximum absolute atomic E-state index is 12.8. The van der Waals surface area contributed by atoms with Gasteiger partial charge in [0.2, 0.25) is 0 Å². The molecule has 27 heavy (non-hydrogen) atoms. The third kappa shape index (κ3) is 3.58. The SMILES string of the molecule is COc1ccc([C@@H]2C(=C(O)c3ccccc3)C(=O)C(=O)N2CC(C)C)cc1. The van der Waals surface area contributed by atoms with Crippen molar-refractivity contribution in [2.24, 2.45) is 5.92 Å². The van der Waals surface area contributed by atoms with Crippen LogP contribution in [-0.2, 0) is 9.59 Å². The maximum atomic E-state index is 12.8. The Balaban J connectivity index is 2.16. The standard InChI is InChI=1S/C22H23NO4/c1-14(2)13-23-19(15-9-11-17(27-3)12-10-15)18(21(25)22(23)26)20(24)16-7-5-4-6-8-16/h4-12,14,19,24H,13H2,1-3H3/t19-/m1/s1. The first-order valence-electron chi connectivity index (χ1n) is 8.91. The molecule has 0 aromatic heterocycles. The molecule has 1 amide bonds. The molecule has 2 aromatic rings. The van der Waals surface area contributed by atoms with E-state index in [0.717, 1.165) is 5.56 Å². The molecule has 0 spiro atoms. The number of benzene rings is 2. The molecule has 140 valence electrons. The molecule has 0 bridgehead atoms. The number of carbonyl (C=O) groups is 2. The number of ketones is 1. The number of rotatable bonds is 5. The number of Topliss-reactive ketones (excluding diaryl/α,β-unsaturated/α-hetero) is 1. The van der Waals surface area contributed by atoms with Gasteiger partial charge in [-0.3, -0.25) is 9.59 Å². The summed E-state index contributed by atoms with van der Waals surface area (Å²) in [6.07, 6.45) is 0. The van der Waals surface area contributed by atoms with Gasteiger partial charge in [0.1, 0.15) is 11.5 Å². The minimum absolute atomic E-state index is 0.122. The largest absolute Gasteiger partial charge is 0.507 e. The molecule has 0 radical (unpaired) electrons. The van der Waals surface area contributed by atoms with Gasteiger partial charge >= 0.3 is 0 Å². The number of amides is 1. The van der Waals surface area contributed by atoms with Crippen molar-refractivity contribution in [2.45, 2.75) is 19.9 Å². The first kappa shape index (κ1) is 18.7. The number of methoxy groups -OCH3 is 1. The van der Waals surface area contributed by atoms with E-state index in [0.29, 0.717) is 17.9 Å². The van der Waals surface area contributed by atoms with Gasteiger partial charge < -0.3 is 14.7 Å². The molecule has 1 fully saturated rings. The topological polar surface area (TPSA) is 66.8 Å². The minimum Gasteiger partial charge on any atom is -0.507 e. The number of hydrogen-bond donors (Lipinski definition) is 1. The molecule has 1 atom stereocenters. The summed E-state index contributed by atoms with van der Waals surface area (Å²) in [6.45, 7) is 4.40. The highest BCUT2D eigenvalue weighted by Crippen LogP contribution is 2.40. The van der Waals surface area contributed by atoms with Gasteiger partial charge in [-0.25, -0.2) is 0 Å². The van der Waals surface area contributed by atoms with Gasteiger partial charge in [-0.05, 0) is 23.6 Å². The highest BCUT2D eigenvalue weighted by atomic mass is 16.5. The first-order valence-corrected chi connectivity index (χ1v) is 8.91. The lowest BCUT2D eigenvalue weighted by molar-refractivity contribution is -0.140. The van der Waals surface area contributed by atoms with Gasteiger partial charge in [-0.2, -0.15) is 0 Å². The lowest BCUT2D eigenvalue weighted by Crippen LogP contribution is -2.33. The summed E-state index contributed by atoms with van der Waals surface area (Å²) in [5.41, 5.74) is 1.39. The maximum Gasteiger partial charge on any atom is 0.295 e. The van der Waals surface area contributed by atoms with Crippen molar-refractivity contribution in [2.75, 3.05) is 13.7 Å². The number of aliphatic hydroxyl groups excluding tert-OH is 1. The molecule has 0 aliphatic carbocycles. The summed E-state index contributed by atoms with van der Waals surface area (Å²) in [5, 5.41) is 10.8. The van der Waals surface area contributed by atoms with Crippen LogP contribution in [0.15, 0.2) is 60.2 Å². The van der Waals surface area contributed by atoms with E-state index in [-0.39, 0.29) is 17.3 Å². The van der Waals surface area contributed by atoms with Gasteiger partial charge in [0.15, 0.2) is 0 Å². The van der Waals surface area contributed by atoms with Crippen LogP contribution in [0.2, 0.25) is 0 Å². The molecule has 2 aromatic carbocycles. The zero-order valence-electron chi connectivity index (χ0n) is 15.7. The molecule has 1 saturated heterocycles. The van der Waals surface area contributed by atoms with Crippen LogP contribution in [-0.4, -0.2) is 35.4 Å². The van der Waals surface area contributed by atoms with Gasteiger partial charge in [0.25, 0.3) is 11.7 Å². The molecule has 1 aliphatic rings. The first-order chi connectivity index (χ1) is 12.9. The average Bonchev–Trinajstić information content (AvgIpc) is 2.92. The van der Waals surface area contributed by atoms with Gasteiger partial charge in [0.05, 0.1) is 18.7 Å². The Morgan fingerprint density at radius 2 is 1.70 bits per heavy atom. The molecular formula is C22H23NO4. The highest BCUT2D eigenvalue weighted by Gasteiger charge is 2.46. The third-order valence-corrected chi connectivity index (χ3v) is 4.58. The zero-order valence-corrected chi connectivity index (χ0v) is 15.7. The van der Waals surface area contributed by atoms with Crippen molar-refractivity contribution in [3.8, 4) is 5.75 Å². The van der Waals surface area contributed by atoms with Crippen LogP contribution in [0.3, 0.4) is 0 Å². The number of ether oxygens (including phenoxy) is 1. The summed E-state index contributed by atoms with van der Waals surface area (Å²) in [6, 6.07) is 15.4. The molecule has 5 heteroatoms. The van der Waals surface area contributed by atoms with Crippen LogP contribution in [0.4, 0.5) is 0 Å². The van der Waals surface area contributed by atoms with Gasteiger partial charge in [-0.15, -0.1) is 0 Å². The van der Waals surface area contributed by atoms with E-state index < -0.39 is 17.7 Å². The molecule has 1 N–H and O–H groups in total. The Labute approximate surface area is 158 Å². The number of hydrogen-bond acceptors (Lipinski definition) is 4. The molecular weight excluding hydrogens is 342 g/mol. The summed E-state index contributed by atoms with van der Waals surface area (Å²) in [4.78, 5) is 27.0. The summed E-state index contributed by atoms with van der Waals surface area (Å²) in [5.74, 6) is -0.524. The Bertz CT molecular complexity index is 869. The Morgan fingerprint density at radius 3 is 2.26 bits per heavy atom. The molecule has 0 saturated carbocycles. The summed E-state index contributed by atoms with van der Waals surface area (Å²) in [7, 11) is 1.58. The number of carbonyl (C=O) groups excluding carboxylic acids is 2. The van der Waals surface area contributed by atoms with E-state index in [1.807, 2.05) is 32.0 Å². The van der Waals surface area contributed by atoms with Crippen molar-refractivity contribution in [1.29, 1.82) is 0 Å². The fourth-order valence-electron chi connectivity index (χ4n) is 3.35. The van der Waals surface area contributed by atoms with Crippen LogP contribution in [0.1, 0.15) is 31.0 Å². The van der Waals surface area contributed by atoms with E-state index in [9.17, 15) is 14.7 Å². The van der Waals surface area contributed by atoms with Crippen LogP contribution >= 0.6 is 0 Å². The monoisotopic (exact) mass is 365 g/mol. The van der Waals surface area contributed by atoms with Crippen LogP contribution in [0.5, 0.6) is 5.75 Å². The quantitative estimate of drug-likeness (QED) is 0.498. The lowest BCUT2D eigenvalue weighted by atomic mass is 9.95. The molecule has 1 heterocycles. The van der Waals surface area contributed by atoms with E-state index in [4.69, 9.17) is 4.74 Å². The number of likely N-dealkylation sites (tertiary alicyclic amines) is 1. The highest BCUT2D eigenvalue weighted by molar-refractivity contribution is 6.46. The Hall–Kier alpha value is -3.08. The van der Waals surface area contributed by atoms with E-state index in [1.165, 1.54) is 0 Å². The van der Waals surface area contributed by atoms with E-state index in [1.54, 1.807) is 48.4 Å². The summed E-state index contributed by atoms with van der Waals surface area (Å²) < 4.78 is 5.20. The fourth-order valence-corrected chi connectivity index (χ4v) is 3.35. The Kier molecular flexibility index (Phi) is 5.31. The third-order valence-electron chi connectivity index (χ3n) is 4.58. The predicted octanol–water partition coefficient (Wildman–Crippen LogP) is 3.77. The van der Waals surface area contributed by atoms with E-state index >= 15 is 0 Å². The number of nitrogens with zero attached hydrogens (tertiary/aromatic N) is 1. The zero-order chi connectivity index (χ0) is 19.6. The second-order valence-electron chi connectivity index (χ2n) is 6.98. The lowest BCUT2D eigenvalue weighted by Gasteiger charge is -2.27. The minimum atomic E-state index is -0.655. The van der Waals surface area contributed by atoms with E-state index in [2.05, 4.69) is 0 Å². The summed E-state index contributed by atoms with van der Waals surface area (Å²) >= 11 is 0. The van der Waals surface area contributed by atoms with Crippen molar-refractivity contribution >= 4 is 17.4 Å². The Morgan fingerprint density at radius 1 is 1.07 bits per heavy atom. The molecule has 1 aliphatic heterocycles. The van der Waals surface area contributed by atoms with Crippen LogP contribution in [0, 0.1) is 5.92 Å². The number of aliphatic hydroxyl groups is 1. The van der Waals surface area contributed by atoms with Crippen molar-refractivity contribution in [1.82, 2.24) is 4.90 Å². The fraction of sp³-hybridized carbons (Fsp3) is 0.273. The second-order valence-corrected chi connectivity index (χ2v) is 6.98. The molecule has 3 rings (SSSR count). The predicted molar refractivity (Wildman–Crippen MR) is 103 cm³/mol. The normalized spacial score (nSPS) is 19.0. The van der Waals surface area contributed by atoms with Gasteiger partial charge in [0, 0.05) is 12.1 Å². The second kappa shape index (κ2) is 7.66. The van der Waals surface area contributed by atoms with Crippen molar-refractivity contribution < 1.29 is 19.4 Å². The van der Waals surface area contributed by atoms with Crippen LogP contribution < -0.4 is 4.74 Å².